The van der Waals surface area contributed by atoms with E-state index >= 15 is 0 Å². The Morgan fingerprint density at radius 1 is 1.38 bits per heavy atom. The Kier molecular flexibility index (Phi) is 4.55. The molecule has 9 heteroatoms. The van der Waals surface area contributed by atoms with Crippen molar-refractivity contribution in [3.63, 3.8) is 0 Å². The molecule has 0 atom stereocenters. The molecule has 0 bridgehead atoms. The van der Waals surface area contributed by atoms with Crippen molar-refractivity contribution in [1.29, 1.82) is 0 Å². The molecule has 0 fully saturated rings. The molecule has 1 amide bonds. The zero-order valence-electron chi connectivity index (χ0n) is 11.1. The monoisotopic (exact) mass is 307 g/mol. The van der Waals surface area contributed by atoms with Gasteiger partial charge in [0, 0.05) is 18.4 Å². The molecular formula is C12H13N5O3S. The molecule has 8 nitrogen and oxygen atoms in total. The minimum Gasteiger partial charge on any atom is -0.290 e. The number of amides is 1. The normalized spacial score (nSPS) is 10.4. The van der Waals surface area contributed by atoms with Crippen LogP contribution in [0.4, 0.5) is 0 Å². The van der Waals surface area contributed by atoms with Crippen LogP contribution in [-0.4, -0.2) is 20.7 Å². The number of H-pyrrole nitrogens is 1. The van der Waals surface area contributed by atoms with Gasteiger partial charge in [-0.1, -0.05) is 23.9 Å². The minimum atomic E-state index is -0.814. The number of aromatic amines is 1. The van der Waals surface area contributed by atoms with E-state index in [-0.39, 0.29) is 5.91 Å². The molecule has 0 aliphatic rings. The van der Waals surface area contributed by atoms with Gasteiger partial charge >= 0.3 is 11.1 Å². The van der Waals surface area contributed by atoms with Crippen LogP contribution in [0, 0.1) is 0 Å². The van der Waals surface area contributed by atoms with Gasteiger partial charge in [-0.2, -0.15) is 4.98 Å². The topological polar surface area (TPSA) is 123 Å². The fraction of sp³-hybridized carbons (Fsp3) is 0.167. The van der Waals surface area contributed by atoms with Crippen molar-refractivity contribution in [3.8, 4) is 0 Å². The van der Waals surface area contributed by atoms with Crippen LogP contribution in [0.2, 0.25) is 0 Å². The number of aryl methyl sites for hydroxylation is 1. The fourth-order valence-electron chi connectivity index (χ4n) is 1.57. The molecule has 0 saturated heterocycles. The van der Waals surface area contributed by atoms with Gasteiger partial charge in [0.2, 0.25) is 0 Å². The van der Waals surface area contributed by atoms with Crippen LogP contribution < -0.4 is 22.4 Å². The Balaban J connectivity index is 2.10. The van der Waals surface area contributed by atoms with Crippen LogP contribution >= 0.6 is 11.8 Å². The number of carbonyl (C=O) groups is 1. The molecular weight excluding hydrogens is 294 g/mol. The molecule has 0 aliphatic carbocycles. The summed E-state index contributed by atoms with van der Waals surface area (Å²) < 4.78 is 1.39. The van der Waals surface area contributed by atoms with E-state index in [4.69, 9.17) is 5.84 Å². The molecule has 0 aliphatic heterocycles. The number of nitrogens with zero attached hydrogens (tertiary/aromatic N) is 2. The van der Waals surface area contributed by atoms with Crippen molar-refractivity contribution in [2.75, 3.05) is 0 Å². The number of rotatable bonds is 4. The largest absolute Gasteiger partial charge is 0.339 e. The summed E-state index contributed by atoms with van der Waals surface area (Å²) in [7, 11) is 1.60. The van der Waals surface area contributed by atoms with E-state index in [9.17, 15) is 14.4 Å². The minimum absolute atomic E-state index is 0.362. The van der Waals surface area contributed by atoms with Gasteiger partial charge in [-0.15, -0.1) is 0 Å². The number of carbonyl (C=O) groups excluding carboxylic acids is 1. The van der Waals surface area contributed by atoms with Crippen molar-refractivity contribution in [2.45, 2.75) is 10.9 Å². The number of thioether (sulfide) groups is 1. The second kappa shape index (κ2) is 6.37. The lowest BCUT2D eigenvalue weighted by atomic mass is 10.1. The molecule has 1 aromatic heterocycles. The van der Waals surface area contributed by atoms with E-state index in [0.717, 1.165) is 5.56 Å². The van der Waals surface area contributed by atoms with E-state index in [1.54, 1.807) is 31.3 Å². The van der Waals surface area contributed by atoms with Gasteiger partial charge in [-0.25, -0.2) is 5.84 Å². The molecule has 4 N–H and O–H groups in total. The van der Waals surface area contributed by atoms with Gasteiger partial charge in [0.1, 0.15) is 0 Å². The number of hydrogen-bond donors (Lipinski definition) is 3. The van der Waals surface area contributed by atoms with Crippen LogP contribution in [0.1, 0.15) is 15.9 Å². The SMILES string of the molecule is Cn1[nH]c(=O)c(=O)nc1SCc1ccc(C(=O)NN)cc1. The standard InChI is InChI=1S/C12H13N5O3S/c1-17-12(14-10(19)11(20)16-17)21-6-7-2-4-8(5-3-7)9(18)15-13/h2-5H,6,13H2,1H3,(H,15,18)(H,16,20). The fourth-order valence-corrected chi connectivity index (χ4v) is 2.45. The van der Waals surface area contributed by atoms with E-state index in [1.807, 2.05) is 0 Å². The summed E-state index contributed by atoms with van der Waals surface area (Å²) in [5.74, 6) is 5.22. The molecule has 110 valence electrons. The van der Waals surface area contributed by atoms with E-state index in [1.165, 1.54) is 16.4 Å². The third kappa shape index (κ3) is 3.58. The molecule has 2 aromatic rings. The molecule has 0 unspecified atom stereocenters. The molecule has 0 saturated carbocycles. The van der Waals surface area contributed by atoms with Crippen LogP contribution in [0.5, 0.6) is 0 Å². The Morgan fingerprint density at radius 2 is 2.05 bits per heavy atom. The summed E-state index contributed by atoms with van der Waals surface area (Å²) in [4.78, 5) is 37.3. The maximum Gasteiger partial charge on any atom is 0.339 e. The number of hydrogen-bond acceptors (Lipinski definition) is 6. The lowest BCUT2D eigenvalue weighted by Crippen LogP contribution is -2.33. The second-order valence-corrected chi connectivity index (χ2v) is 5.10. The number of hydrazine groups is 1. The average molecular weight is 307 g/mol. The van der Waals surface area contributed by atoms with E-state index in [0.29, 0.717) is 16.5 Å². The zero-order valence-corrected chi connectivity index (χ0v) is 11.9. The first kappa shape index (κ1) is 15.0. The Labute approximate surface area is 123 Å². The van der Waals surface area contributed by atoms with Gasteiger partial charge in [-0.05, 0) is 17.7 Å². The molecule has 1 aromatic carbocycles. The van der Waals surface area contributed by atoms with E-state index < -0.39 is 11.1 Å². The van der Waals surface area contributed by atoms with Gasteiger partial charge in [-0.3, -0.25) is 29.6 Å². The summed E-state index contributed by atoms with van der Waals surface area (Å²) in [6.07, 6.45) is 0. The third-order valence-corrected chi connectivity index (χ3v) is 3.76. The lowest BCUT2D eigenvalue weighted by molar-refractivity contribution is 0.0953. The first-order valence-electron chi connectivity index (χ1n) is 5.91. The number of nitrogen functional groups attached to an aromatic ring is 1. The van der Waals surface area contributed by atoms with Crippen molar-refractivity contribution >= 4 is 17.7 Å². The van der Waals surface area contributed by atoms with Gasteiger partial charge in [0.15, 0.2) is 5.16 Å². The van der Waals surface area contributed by atoms with Crippen molar-refractivity contribution < 1.29 is 4.79 Å². The Bertz CT molecular complexity index is 766. The predicted molar refractivity (Wildman–Crippen MR) is 77.8 cm³/mol. The Hall–Kier alpha value is -2.39. The predicted octanol–water partition coefficient (Wildman–Crippen LogP) is -0.636. The maximum absolute atomic E-state index is 11.3. The highest BCUT2D eigenvalue weighted by Crippen LogP contribution is 2.18. The van der Waals surface area contributed by atoms with Crippen LogP contribution in [0.3, 0.4) is 0 Å². The average Bonchev–Trinajstić information content (AvgIpc) is 2.49. The highest BCUT2D eigenvalue weighted by Gasteiger charge is 2.06. The van der Waals surface area contributed by atoms with E-state index in [2.05, 4.69) is 15.5 Å². The summed E-state index contributed by atoms with van der Waals surface area (Å²) in [5.41, 5.74) is 1.88. The molecule has 1 heterocycles. The summed E-state index contributed by atoms with van der Waals surface area (Å²) in [6, 6.07) is 6.86. The van der Waals surface area contributed by atoms with Crippen LogP contribution in [0.15, 0.2) is 39.0 Å². The quantitative estimate of drug-likeness (QED) is 0.227. The summed E-state index contributed by atoms with van der Waals surface area (Å²) >= 11 is 1.30. The maximum atomic E-state index is 11.3. The molecule has 0 spiro atoms. The van der Waals surface area contributed by atoms with Crippen molar-refractivity contribution in [1.82, 2.24) is 20.2 Å². The van der Waals surface area contributed by atoms with Crippen LogP contribution in [0.25, 0.3) is 0 Å². The van der Waals surface area contributed by atoms with Gasteiger partial charge in [0.05, 0.1) is 0 Å². The number of nitrogens with one attached hydrogen (secondary N) is 2. The summed E-state index contributed by atoms with van der Waals surface area (Å²) in [5, 5.41) is 2.78. The van der Waals surface area contributed by atoms with Crippen molar-refractivity contribution in [3.05, 3.63) is 56.1 Å². The first-order chi connectivity index (χ1) is 10.0. The highest BCUT2D eigenvalue weighted by atomic mass is 32.2. The number of nitrogens with two attached hydrogens (primary N) is 1. The van der Waals surface area contributed by atoms with Crippen molar-refractivity contribution in [2.24, 2.45) is 12.9 Å². The Morgan fingerprint density at radius 3 is 2.67 bits per heavy atom. The molecule has 21 heavy (non-hydrogen) atoms. The third-order valence-electron chi connectivity index (χ3n) is 2.66. The molecule has 2 rings (SSSR count). The lowest BCUT2D eigenvalue weighted by Gasteiger charge is -2.06. The van der Waals surface area contributed by atoms with Gasteiger partial charge < -0.3 is 0 Å². The number of benzene rings is 1. The highest BCUT2D eigenvalue weighted by molar-refractivity contribution is 7.98. The smallest absolute Gasteiger partial charge is 0.290 e. The zero-order chi connectivity index (χ0) is 15.4. The second-order valence-electron chi connectivity index (χ2n) is 4.16. The first-order valence-corrected chi connectivity index (χ1v) is 6.90. The van der Waals surface area contributed by atoms with Gasteiger partial charge in [0.25, 0.3) is 5.91 Å². The summed E-state index contributed by atoms with van der Waals surface area (Å²) in [6.45, 7) is 0. The molecule has 0 radical (unpaired) electrons. The number of aromatic nitrogens is 3. The van der Waals surface area contributed by atoms with Crippen LogP contribution in [-0.2, 0) is 12.8 Å².